The van der Waals surface area contributed by atoms with Crippen LogP contribution in [0.2, 0.25) is 5.02 Å². The molecule has 0 saturated carbocycles. The Morgan fingerprint density at radius 2 is 2.24 bits per heavy atom. The van der Waals surface area contributed by atoms with Gasteiger partial charge in [-0.1, -0.05) is 35.1 Å². The monoisotopic (exact) mass is 332 g/mol. The van der Waals surface area contributed by atoms with Gasteiger partial charge >= 0.3 is 5.97 Å². The Morgan fingerprint density at radius 1 is 1.53 bits per heavy atom. The molecule has 1 aromatic heterocycles. The summed E-state index contributed by atoms with van der Waals surface area (Å²) in [6.07, 6.45) is 0. The molecule has 17 heavy (non-hydrogen) atoms. The fourth-order valence-electron chi connectivity index (χ4n) is 1.27. The van der Waals surface area contributed by atoms with Gasteiger partial charge in [0, 0.05) is 10.0 Å². The van der Waals surface area contributed by atoms with Crippen LogP contribution in [0.25, 0.3) is 10.6 Å². The highest BCUT2D eigenvalue weighted by Gasteiger charge is 2.18. The highest BCUT2D eigenvalue weighted by atomic mass is 79.9. The SMILES string of the molecule is Nc1sc(-c2cccc(Br)c2Cl)nc1C(=O)O. The van der Waals surface area contributed by atoms with E-state index in [2.05, 4.69) is 20.9 Å². The van der Waals surface area contributed by atoms with Gasteiger partial charge < -0.3 is 10.8 Å². The number of nitrogens with two attached hydrogens (primary N) is 1. The number of rotatable bonds is 2. The molecule has 0 spiro atoms. The summed E-state index contributed by atoms with van der Waals surface area (Å²) in [4.78, 5) is 14.8. The number of benzene rings is 1. The number of carboxylic acids is 1. The van der Waals surface area contributed by atoms with Gasteiger partial charge in [0.15, 0.2) is 5.69 Å². The highest BCUT2D eigenvalue weighted by molar-refractivity contribution is 9.10. The first-order valence-electron chi connectivity index (χ1n) is 4.44. The Hall–Kier alpha value is -1.11. The summed E-state index contributed by atoms with van der Waals surface area (Å²) in [5.74, 6) is -1.14. The number of carboxylic acid groups (broad SMARTS) is 1. The molecular weight excluding hydrogens is 328 g/mol. The van der Waals surface area contributed by atoms with Crippen LogP contribution in [0.5, 0.6) is 0 Å². The lowest BCUT2D eigenvalue weighted by atomic mass is 10.2. The number of nitrogen functional groups attached to an aromatic ring is 1. The third kappa shape index (κ3) is 2.29. The maximum atomic E-state index is 10.8. The highest BCUT2D eigenvalue weighted by Crippen LogP contribution is 2.37. The predicted molar refractivity (Wildman–Crippen MR) is 71.6 cm³/mol. The largest absolute Gasteiger partial charge is 0.476 e. The molecule has 1 aromatic carbocycles. The van der Waals surface area contributed by atoms with Crippen LogP contribution in [0.4, 0.5) is 5.00 Å². The van der Waals surface area contributed by atoms with Gasteiger partial charge in [0.05, 0.1) is 5.02 Å². The van der Waals surface area contributed by atoms with E-state index >= 15 is 0 Å². The van der Waals surface area contributed by atoms with Gasteiger partial charge in [-0.3, -0.25) is 0 Å². The van der Waals surface area contributed by atoms with Crippen LogP contribution < -0.4 is 5.73 Å². The smallest absolute Gasteiger partial charge is 0.357 e. The lowest BCUT2D eigenvalue weighted by molar-refractivity contribution is 0.0692. The van der Waals surface area contributed by atoms with Crippen LogP contribution in [0, 0.1) is 0 Å². The molecule has 88 valence electrons. The molecule has 2 aromatic rings. The number of hydrogen-bond donors (Lipinski definition) is 2. The van der Waals surface area contributed by atoms with E-state index in [9.17, 15) is 4.79 Å². The molecule has 3 N–H and O–H groups in total. The van der Waals surface area contributed by atoms with Gasteiger partial charge in [0.2, 0.25) is 0 Å². The molecule has 2 rings (SSSR count). The van der Waals surface area contributed by atoms with Crippen molar-refractivity contribution in [3.05, 3.63) is 33.4 Å². The molecule has 7 heteroatoms. The number of thiazole rings is 1. The zero-order chi connectivity index (χ0) is 12.6. The lowest BCUT2D eigenvalue weighted by Crippen LogP contribution is -2.00. The third-order valence-electron chi connectivity index (χ3n) is 2.04. The minimum atomic E-state index is -1.14. The molecule has 0 unspecified atom stereocenters. The van der Waals surface area contributed by atoms with Crippen molar-refractivity contribution in [1.82, 2.24) is 4.98 Å². The van der Waals surface area contributed by atoms with E-state index in [-0.39, 0.29) is 10.7 Å². The van der Waals surface area contributed by atoms with Crippen LogP contribution in [-0.4, -0.2) is 16.1 Å². The summed E-state index contributed by atoms with van der Waals surface area (Å²) in [5.41, 5.74) is 6.11. The van der Waals surface area contributed by atoms with Crippen molar-refractivity contribution >= 4 is 49.8 Å². The molecule has 0 bridgehead atoms. The van der Waals surface area contributed by atoms with Crippen molar-refractivity contribution in [3.63, 3.8) is 0 Å². The lowest BCUT2D eigenvalue weighted by Gasteiger charge is -2.01. The summed E-state index contributed by atoms with van der Waals surface area (Å²) in [6.45, 7) is 0. The van der Waals surface area contributed by atoms with Crippen molar-refractivity contribution in [2.45, 2.75) is 0 Å². The van der Waals surface area contributed by atoms with Crippen molar-refractivity contribution in [1.29, 1.82) is 0 Å². The van der Waals surface area contributed by atoms with E-state index in [1.165, 1.54) is 0 Å². The molecule has 0 radical (unpaired) electrons. The molecule has 0 amide bonds. The fourth-order valence-corrected chi connectivity index (χ4v) is 2.76. The Balaban J connectivity index is 2.58. The first-order valence-corrected chi connectivity index (χ1v) is 6.43. The molecule has 0 aliphatic rings. The van der Waals surface area contributed by atoms with Crippen molar-refractivity contribution in [2.75, 3.05) is 5.73 Å². The van der Waals surface area contributed by atoms with Crippen molar-refractivity contribution in [3.8, 4) is 10.6 Å². The summed E-state index contributed by atoms with van der Waals surface area (Å²) in [7, 11) is 0. The standard InChI is InChI=1S/C10H6BrClN2O2S/c11-5-3-1-2-4(6(5)12)9-14-7(10(15)16)8(13)17-9/h1-3H,13H2,(H,15,16). The van der Waals surface area contributed by atoms with E-state index in [4.69, 9.17) is 22.4 Å². The molecule has 0 aliphatic carbocycles. The zero-order valence-electron chi connectivity index (χ0n) is 8.28. The second-order valence-electron chi connectivity index (χ2n) is 3.14. The molecule has 0 atom stereocenters. The Labute approximate surface area is 114 Å². The van der Waals surface area contributed by atoms with Gasteiger partial charge in [-0.25, -0.2) is 9.78 Å². The minimum absolute atomic E-state index is 0.138. The van der Waals surface area contributed by atoms with Crippen LogP contribution >= 0.6 is 38.9 Å². The first-order chi connectivity index (χ1) is 8.00. The molecule has 0 saturated heterocycles. The maximum Gasteiger partial charge on any atom is 0.357 e. The number of anilines is 1. The average Bonchev–Trinajstić information content (AvgIpc) is 2.64. The Morgan fingerprint density at radius 3 is 2.82 bits per heavy atom. The summed E-state index contributed by atoms with van der Waals surface area (Å²) < 4.78 is 0.724. The number of nitrogens with zero attached hydrogens (tertiary/aromatic N) is 1. The predicted octanol–water partition coefficient (Wildman–Crippen LogP) is 3.51. The van der Waals surface area contributed by atoms with Gasteiger partial charge in [0.1, 0.15) is 10.0 Å². The first kappa shape index (κ1) is 12.3. The number of carbonyl (C=O) groups is 1. The van der Waals surface area contributed by atoms with Crippen LogP contribution in [0.1, 0.15) is 10.5 Å². The molecule has 1 heterocycles. The molecule has 0 aliphatic heterocycles. The average molecular weight is 334 g/mol. The topological polar surface area (TPSA) is 76.2 Å². The molecule has 4 nitrogen and oxygen atoms in total. The van der Waals surface area contributed by atoms with E-state index < -0.39 is 5.97 Å². The number of aromatic nitrogens is 1. The summed E-state index contributed by atoms with van der Waals surface area (Å²) in [5, 5.41) is 10.0. The van der Waals surface area contributed by atoms with Gasteiger partial charge in [0.25, 0.3) is 0 Å². The summed E-state index contributed by atoms with van der Waals surface area (Å²) in [6, 6.07) is 5.35. The van der Waals surface area contributed by atoms with Gasteiger partial charge in [-0.2, -0.15) is 0 Å². The molecule has 0 fully saturated rings. The van der Waals surface area contributed by atoms with Crippen LogP contribution in [0.3, 0.4) is 0 Å². The second-order valence-corrected chi connectivity index (χ2v) is 5.40. The second kappa shape index (κ2) is 4.64. The Bertz CT molecular complexity index is 600. The van der Waals surface area contributed by atoms with E-state index in [0.717, 1.165) is 15.8 Å². The van der Waals surface area contributed by atoms with Crippen molar-refractivity contribution < 1.29 is 9.90 Å². The minimum Gasteiger partial charge on any atom is -0.476 e. The maximum absolute atomic E-state index is 10.8. The van der Waals surface area contributed by atoms with E-state index in [1.54, 1.807) is 18.2 Å². The van der Waals surface area contributed by atoms with E-state index in [1.807, 2.05) is 0 Å². The van der Waals surface area contributed by atoms with Gasteiger partial charge in [-0.05, 0) is 22.0 Å². The number of aromatic carboxylic acids is 1. The van der Waals surface area contributed by atoms with Gasteiger partial charge in [-0.15, -0.1) is 0 Å². The normalized spacial score (nSPS) is 10.5. The van der Waals surface area contributed by atoms with Crippen LogP contribution in [-0.2, 0) is 0 Å². The summed E-state index contributed by atoms with van der Waals surface area (Å²) >= 11 is 10.5. The fraction of sp³-hybridized carbons (Fsp3) is 0. The quantitative estimate of drug-likeness (QED) is 0.882. The zero-order valence-corrected chi connectivity index (χ0v) is 11.4. The number of halogens is 2. The Kier molecular flexibility index (Phi) is 3.37. The molecular formula is C10H6BrClN2O2S. The van der Waals surface area contributed by atoms with Crippen molar-refractivity contribution in [2.24, 2.45) is 0 Å². The van der Waals surface area contributed by atoms with Crippen LogP contribution in [0.15, 0.2) is 22.7 Å². The third-order valence-corrected chi connectivity index (χ3v) is 4.25. The number of hydrogen-bond acceptors (Lipinski definition) is 4. The van der Waals surface area contributed by atoms with E-state index in [0.29, 0.717) is 15.6 Å².